The largest absolute Gasteiger partial charge is 0.433 e. The first-order valence-electron chi connectivity index (χ1n) is 6.33. The third kappa shape index (κ3) is 4.65. The highest BCUT2D eigenvalue weighted by molar-refractivity contribution is 5.56. The van der Waals surface area contributed by atoms with Gasteiger partial charge in [0.25, 0.3) is 0 Å². The number of halogens is 2. The summed E-state index contributed by atoms with van der Waals surface area (Å²) in [7, 11) is 0. The van der Waals surface area contributed by atoms with Gasteiger partial charge in [0, 0.05) is 26.2 Å². The second kappa shape index (κ2) is 7.25. The number of hydrogen-bond acceptors (Lipinski definition) is 4. The zero-order valence-electron chi connectivity index (χ0n) is 10.6. The van der Waals surface area contributed by atoms with Gasteiger partial charge >= 0.3 is 6.61 Å². The third-order valence-electron chi connectivity index (χ3n) is 2.95. The third-order valence-corrected chi connectivity index (χ3v) is 2.95. The van der Waals surface area contributed by atoms with E-state index in [-0.39, 0.29) is 5.75 Å². The lowest BCUT2D eigenvalue weighted by Crippen LogP contribution is -2.39. The highest BCUT2D eigenvalue weighted by Gasteiger charge is 2.11. The molecule has 19 heavy (non-hydrogen) atoms. The topological polar surface area (TPSA) is 33.7 Å². The van der Waals surface area contributed by atoms with Gasteiger partial charge in [-0.05, 0) is 12.1 Å². The summed E-state index contributed by atoms with van der Waals surface area (Å²) in [6.07, 6.45) is 0. The van der Waals surface area contributed by atoms with E-state index in [1.165, 1.54) is 6.07 Å². The number of benzene rings is 1. The average Bonchev–Trinajstić information content (AvgIpc) is 2.41. The van der Waals surface area contributed by atoms with Gasteiger partial charge in [-0.1, -0.05) is 12.1 Å². The number of hydrogen-bond donors (Lipinski definition) is 1. The van der Waals surface area contributed by atoms with Crippen molar-refractivity contribution in [3.8, 4) is 5.75 Å². The van der Waals surface area contributed by atoms with E-state index in [0.29, 0.717) is 12.2 Å². The Morgan fingerprint density at radius 3 is 2.74 bits per heavy atom. The van der Waals surface area contributed by atoms with Crippen molar-refractivity contribution < 1.29 is 18.3 Å². The Morgan fingerprint density at radius 1 is 1.26 bits per heavy atom. The summed E-state index contributed by atoms with van der Waals surface area (Å²) in [5, 5.41) is 3.13. The van der Waals surface area contributed by atoms with Crippen molar-refractivity contribution in [2.24, 2.45) is 0 Å². The molecular weight excluding hydrogens is 254 g/mol. The molecule has 1 aromatic carbocycles. The number of nitrogens with one attached hydrogen (secondary N) is 1. The first-order valence-corrected chi connectivity index (χ1v) is 6.33. The maximum absolute atomic E-state index is 12.2. The fourth-order valence-electron chi connectivity index (χ4n) is 1.98. The highest BCUT2D eigenvalue weighted by Crippen LogP contribution is 2.25. The Morgan fingerprint density at radius 2 is 2.00 bits per heavy atom. The number of alkyl halides is 2. The molecule has 1 saturated heterocycles. The van der Waals surface area contributed by atoms with Crippen LogP contribution in [0.5, 0.6) is 5.75 Å². The predicted molar refractivity (Wildman–Crippen MR) is 68.8 cm³/mol. The minimum absolute atomic E-state index is 0.180. The average molecular weight is 272 g/mol. The summed E-state index contributed by atoms with van der Waals surface area (Å²) in [6.45, 7) is 2.07. The van der Waals surface area contributed by atoms with Crippen LogP contribution in [-0.4, -0.2) is 50.9 Å². The van der Waals surface area contributed by atoms with Gasteiger partial charge in [-0.2, -0.15) is 8.78 Å². The molecule has 2 rings (SSSR count). The van der Waals surface area contributed by atoms with Crippen LogP contribution < -0.4 is 10.1 Å². The second-order valence-electron chi connectivity index (χ2n) is 4.26. The lowest BCUT2D eigenvalue weighted by molar-refractivity contribution is -0.0493. The van der Waals surface area contributed by atoms with Crippen molar-refractivity contribution in [1.29, 1.82) is 0 Å². The van der Waals surface area contributed by atoms with Crippen molar-refractivity contribution >= 4 is 5.69 Å². The van der Waals surface area contributed by atoms with Crippen LogP contribution in [0.2, 0.25) is 0 Å². The number of nitrogens with zero attached hydrogens (tertiary/aromatic N) is 1. The van der Waals surface area contributed by atoms with Gasteiger partial charge in [0.05, 0.1) is 18.9 Å². The number of ether oxygens (including phenoxy) is 2. The van der Waals surface area contributed by atoms with E-state index in [1.807, 2.05) is 0 Å². The summed E-state index contributed by atoms with van der Waals surface area (Å²) < 4.78 is 34.2. The number of anilines is 1. The Balaban J connectivity index is 1.81. The summed E-state index contributed by atoms with van der Waals surface area (Å²) in [5.41, 5.74) is 0.594. The molecule has 0 unspecified atom stereocenters. The molecule has 0 spiro atoms. The van der Waals surface area contributed by atoms with Gasteiger partial charge in [-0.3, -0.25) is 4.90 Å². The standard InChI is InChI=1S/C13H18F2N2O2/c14-13(15)19-12-4-2-1-3-11(12)16-5-6-17-7-9-18-10-8-17/h1-4,13,16H,5-10H2. The van der Waals surface area contributed by atoms with E-state index in [2.05, 4.69) is 15.0 Å². The SMILES string of the molecule is FC(F)Oc1ccccc1NCCN1CCOCC1. The maximum atomic E-state index is 12.2. The fourth-order valence-corrected chi connectivity index (χ4v) is 1.98. The van der Waals surface area contributed by atoms with Gasteiger partial charge in [-0.25, -0.2) is 0 Å². The van der Waals surface area contributed by atoms with Crippen LogP contribution in [0.15, 0.2) is 24.3 Å². The molecule has 0 radical (unpaired) electrons. The van der Waals surface area contributed by atoms with Crippen LogP contribution in [0.1, 0.15) is 0 Å². The number of morpholine rings is 1. The lowest BCUT2D eigenvalue weighted by atomic mass is 10.3. The Hall–Kier alpha value is -1.40. The summed E-state index contributed by atoms with van der Waals surface area (Å²) in [4.78, 5) is 2.27. The van der Waals surface area contributed by atoms with Crippen LogP contribution in [0.25, 0.3) is 0 Å². The van der Waals surface area contributed by atoms with Crippen LogP contribution in [-0.2, 0) is 4.74 Å². The first-order chi connectivity index (χ1) is 9.25. The second-order valence-corrected chi connectivity index (χ2v) is 4.26. The predicted octanol–water partition coefficient (Wildman–Crippen LogP) is 2.03. The number of rotatable bonds is 6. The van der Waals surface area contributed by atoms with Crippen LogP contribution in [0.4, 0.5) is 14.5 Å². The minimum Gasteiger partial charge on any atom is -0.433 e. The van der Waals surface area contributed by atoms with Crippen LogP contribution in [0, 0.1) is 0 Å². The van der Waals surface area contributed by atoms with E-state index >= 15 is 0 Å². The zero-order valence-corrected chi connectivity index (χ0v) is 10.6. The molecule has 1 aromatic rings. The molecule has 0 amide bonds. The summed E-state index contributed by atoms with van der Waals surface area (Å²) in [6, 6.07) is 6.72. The first kappa shape index (κ1) is 14.0. The Kier molecular flexibility index (Phi) is 5.35. The normalized spacial score (nSPS) is 16.6. The monoisotopic (exact) mass is 272 g/mol. The molecule has 0 aliphatic carbocycles. The summed E-state index contributed by atoms with van der Waals surface area (Å²) in [5.74, 6) is 0.180. The summed E-state index contributed by atoms with van der Waals surface area (Å²) >= 11 is 0. The molecule has 1 heterocycles. The number of para-hydroxylation sites is 2. The van der Waals surface area contributed by atoms with Crippen molar-refractivity contribution in [3.05, 3.63) is 24.3 Å². The molecule has 0 saturated carbocycles. The van der Waals surface area contributed by atoms with Gasteiger partial charge in [0.2, 0.25) is 0 Å². The molecule has 0 atom stereocenters. The van der Waals surface area contributed by atoms with Crippen molar-refractivity contribution in [2.45, 2.75) is 6.61 Å². The minimum atomic E-state index is -2.80. The molecule has 1 aliphatic heterocycles. The van der Waals surface area contributed by atoms with Gasteiger partial charge in [0.1, 0.15) is 5.75 Å². The van der Waals surface area contributed by atoms with Crippen molar-refractivity contribution in [1.82, 2.24) is 4.90 Å². The molecule has 0 bridgehead atoms. The maximum Gasteiger partial charge on any atom is 0.387 e. The van der Waals surface area contributed by atoms with Gasteiger partial charge < -0.3 is 14.8 Å². The molecule has 4 nitrogen and oxygen atoms in total. The van der Waals surface area contributed by atoms with E-state index in [0.717, 1.165) is 32.8 Å². The fraction of sp³-hybridized carbons (Fsp3) is 0.538. The van der Waals surface area contributed by atoms with Crippen LogP contribution in [0.3, 0.4) is 0 Å². The zero-order chi connectivity index (χ0) is 13.5. The molecule has 1 fully saturated rings. The smallest absolute Gasteiger partial charge is 0.387 e. The molecule has 1 aliphatic rings. The van der Waals surface area contributed by atoms with Crippen LogP contribution >= 0.6 is 0 Å². The van der Waals surface area contributed by atoms with Gasteiger partial charge in [0.15, 0.2) is 0 Å². The van der Waals surface area contributed by atoms with E-state index in [4.69, 9.17) is 4.74 Å². The van der Waals surface area contributed by atoms with Crippen molar-refractivity contribution in [2.75, 3.05) is 44.7 Å². The molecule has 6 heteroatoms. The lowest BCUT2D eigenvalue weighted by Gasteiger charge is -2.26. The quantitative estimate of drug-likeness (QED) is 0.859. The Bertz CT molecular complexity index is 385. The molecular formula is C13H18F2N2O2. The van der Waals surface area contributed by atoms with E-state index < -0.39 is 6.61 Å². The molecule has 0 aromatic heterocycles. The highest BCUT2D eigenvalue weighted by atomic mass is 19.3. The molecule has 1 N–H and O–H groups in total. The van der Waals surface area contributed by atoms with Gasteiger partial charge in [-0.15, -0.1) is 0 Å². The Labute approximate surface area is 111 Å². The van der Waals surface area contributed by atoms with E-state index in [1.54, 1.807) is 18.2 Å². The van der Waals surface area contributed by atoms with Crippen molar-refractivity contribution in [3.63, 3.8) is 0 Å². The van der Waals surface area contributed by atoms with E-state index in [9.17, 15) is 8.78 Å². The molecule has 106 valence electrons.